The molecular weight excluding hydrogens is 378 g/mol. The second-order valence-corrected chi connectivity index (χ2v) is 7.39. The molecule has 0 spiro atoms. The minimum Gasteiger partial charge on any atom is -1.00 e. The standard InChI is InChI=1S/C20H27N5O2.ClH/c1-15(2)24(13-16-9-6-5-7-10-16)11-8-12-25-14-21-18-17(25)19(26)23(4)20(27)22(18)3;/h5-7,9-10,14-15H,8,11-13H2,1-4H3;1H. The predicted molar refractivity (Wildman–Crippen MR) is 106 cm³/mol. The van der Waals surface area contributed by atoms with Crippen molar-refractivity contribution < 1.29 is 17.3 Å². The fourth-order valence-corrected chi connectivity index (χ4v) is 3.48. The highest BCUT2D eigenvalue weighted by Crippen LogP contribution is 2.06. The molecule has 1 aromatic carbocycles. The van der Waals surface area contributed by atoms with Gasteiger partial charge >= 0.3 is 5.69 Å². The molecule has 0 bridgehead atoms. The van der Waals surface area contributed by atoms with Crippen LogP contribution in [0.2, 0.25) is 0 Å². The summed E-state index contributed by atoms with van der Waals surface area (Å²) in [5.74, 6) is 0. The molecule has 1 unspecified atom stereocenters. The highest BCUT2D eigenvalue weighted by molar-refractivity contribution is 5.69. The highest BCUT2D eigenvalue weighted by atomic mass is 35.5. The van der Waals surface area contributed by atoms with Gasteiger partial charge in [0.15, 0.2) is 11.2 Å². The zero-order chi connectivity index (χ0) is 19.6. The minimum absolute atomic E-state index is 0. The van der Waals surface area contributed by atoms with Crippen LogP contribution in [0.1, 0.15) is 25.8 Å². The van der Waals surface area contributed by atoms with Crippen LogP contribution in [0.5, 0.6) is 0 Å². The first kappa shape index (κ1) is 21.9. The van der Waals surface area contributed by atoms with Gasteiger partial charge in [-0.05, 0) is 13.8 Å². The summed E-state index contributed by atoms with van der Waals surface area (Å²) < 4.78 is 4.44. The van der Waals surface area contributed by atoms with Crippen molar-refractivity contribution in [3.63, 3.8) is 0 Å². The van der Waals surface area contributed by atoms with E-state index in [-0.39, 0.29) is 23.7 Å². The largest absolute Gasteiger partial charge is 1.00 e. The molecule has 28 heavy (non-hydrogen) atoms. The van der Waals surface area contributed by atoms with Gasteiger partial charge in [-0.1, -0.05) is 30.3 Å². The Labute approximate surface area is 170 Å². The summed E-state index contributed by atoms with van der Waals surface area (Å²) in [6.07, 6.45) is 2.59. The molecule has 2 aromatic heterocycles. The third-order valence-corrected chi connectivity index (χ3v) is 5.20. The highest BCUT2D eigenvalue weighted by Gasteiger charge is 2.16. The molecule has 1 N–H and O–H groups in total. The predicted octanol–water partition coefficient (Wildman–Crippen LogP) is -2.68. The van der Waals surface area contributed by atoms with Gasteiger partial charge in [0.1, 0.15) is 6.54 Å². The third kappa shape index (κ3) is 4.36. The molecule has 0 fully saturated rings. The van der Waals surface area contributed by atoms with Crippen LogP contribution in [-0.4, -0.2) is 31.3 Å². The van der Waals surface area contributed by atoms with E-state index in [1.54, 1.807) is 13.4 Å². The summed E-state index contributed by atoms with van der Waals surface area (Å²) in [5, 5.41) is 0. The van der Waals surface area contributed by atoms with Crippen molar-refractivity contribution in [1.29, 1.82) is 0 Å². The van der Waals surface area contributed by atoms with Gasteiger partial charge in [-0.2, -0.15) is 0 Å². The van der Waals surface area contributed by atoms with E-state index in [2.05, 4.69) is 43.1 Å². The van der Waals surface area contributed by atoms with Crippen LogP contribution < -0.4 is 28.6 Å². The van der Waals surface area contributed by atoms with Gasteiger partial charge in [-0.25, -0.2) is 9.78 Å². The van der Waals surface area contributed by atoms with Gasteiger partial charge in [0, 0.05) is 32.6 Å². The molecule has 3 aromatic rings. The Hall–Kier alpha value is -2.38. The molecule has 0 amide bonds. The van der Waals surface area contributed by atoms with Crippen LogP contribution >= 0.6 is 0 Å². The molecule has 1 atom stereocenters. The molecule has 152 valence electrons. The second-order valence-electron chi connectivity index (χ2n) is 7.39. The van der Waals surface area contributed by atoms with E-state index in [1.807, 2.05) is 10.6 Å². The van der Waals surface area contributed by atoms with Crippen molar-refractivity contribution in [2.45, 2.75) is 39.4 Å². The molecular formula is C20H28ClN5O2. The maximum atomic E-state index is 12.5. The molecule has 3 rings (SSSR count). The number of aromatic nitrogens is 4. The summed E-state index contributed by atoms with van der Waals surface area (Å²) in [7, 11) is 3.15. The Morgan fingerprint density at radius 1 is 1.07 bits per heavy atom. The van der Waals surface area contributed by atoms with Crippen LogP contribution in [0, 0.1) is 0 Å². The van der Waals surface area contributed by atoms with Gasteiger partial charge in [0.2, 0.25) is 0 Å². The quantitative estimate of drug-likeness (QED) is 0.466. The van der Waals surface area contributed by atoms with Crippen LogP contribution in [0.15, 0.2) is 46.2 Å². The Kier molecular flexibility index (Phi) is 7.21. The van der Waals surface area contributed by atoms with Crippen LogP contribution in [0.4, 0.5) is 0 Å². The lowest BCUT2D eigenvalue weighted by Gasteiger charge is -2.23. The van der Waals surface area contributed by atoms with Crippen LogP contribution in [-0.2, 0) is 27.2 Å². The number of nitrogens with zero attached hydrogens (tertiary/aromatic N) is 4. The number of benzene rings is 1. The maximum Gasteiger partial charge on any atom is 0.332 e. The summed E-state index contributed by atoms with van der Waals surface area (Å²) in [6.45, 7) is 7.15. The zero-order valence-corrected chi connectivity index (χ0v) is 17.6. The van der Waals surface area contributed by atoms with E-state index >= 15 is 0 Å². The first-order chi connectivity index (χ1) is 12.9. The molecule has 7 nitrogen and oxygen atoms in total. The average molecular weight is 406 g/mol. The Morgan fingerprint density at radius 3 is 2.39 bits per heavy atom. The Morgan fingerprint density at radius 2 is 1.75 bits per heavy atom. The molecule has 0 aliphatic rings. The number of imidazole rings is 1. The minimum atomic E-state index is -0.351. The number of hydrogen-bond donors (Lipinski definition) is 1. The van der Waals surface area contributed by atoms with Gasteiger partial charge in [0.05, 0.1) is 18.9 Å². The van der Waals surface area contributed by atoms with E-state index in [4.69, 9.17) is 0 Å². The molecule has 2 heterocycles. The molecule has 0 saturated carbocycles. The smallest absolute Gasteiger partial charge is 0.332 e. The molecule has 0 aliphatic carbocycles. The Balaban J connectivity index is 0.00000280. The van der Waals surface area contributed by atoms with Crippen molar-refractivity contribution in [2.24, 2.45) is 14.1 Å². The van der Waals surface area contributed by atoms with Gasteiger partial charge in [-0.15, -0.1) is 0 Å². The SMILES string of the molecule is CC(C)[NH+](CCCn1cnc2c1c(=O)n(C)c(=O)n2C)Cc1ccccc1.[Cl-]. The molecule has 8 heteroatoms. The van der Waals surface area contributed by atoms with E-state index in [1.165, 1.54) is 22.1 Å². The van der Waals surface area contributed by atoms with Crippen molar-refractivity contribution in [1.82, 2.24) is 18.7 Å². The number of fused-ring (bicyclic) bond motifs is 1. The van der Waals surface area contributed by atoms with E-state index < -0.39 is 0 Å². The lowest BCUT2D eigenvalue weighted by atomic mass is 10.2. The topological polar surface area (TPSA) is 66.3 Å². The molecule has 0 radical (unpaired) electrons. The van der Waals surface area contributed by atoms with Gasteiger partial charge < -0.3 is 21.9 Å². The lowest BCUT2D eigenvalue weighted by molar-refractivity contribution is -0.935. The fourth-order valence-electron chi connectivity index (χ4n) is 3.48. The first-order valence-electron chi connectivity index (χ1n) is 9.39. The summed E-state index contributed by atoms with van der Waals surface area (Å²) >= 11 is 0. The van der Waals surface area contributed by atoms with E-state index in [9.17, 15) is 9.59 Å². The number of nitrogens with one attached hydrogen (secondary N) is 1. The number of halogens is 1. The number of hydrogen-bond acceptors (Lipinski definition) is 3. The summed E-state index contributed by atoms with van der Waals surface area (Å²) in [6, 6.07) is 11.0. The van der Waals surface area contributed by atoms with Crippen molar-refractivity contribution in [3.05, 3.63) is 63.1 Å². The van der Waals surface area contributed by atoms with Crippen molar-refractivity contribution in [2.75, 3.05) is 6.54 Å². The van der Waals surface area contributed by atoms with Crippen molar-refractivity contribution in [3.8, 4) is 0 Å². The van der Waals surface area contributed by atoms with Gasteiger partial charge in [-0.3, -0.25) is 13.9 Å². The van der Waals surface area contributed by atoms with Gasteiger partial charge in [0.25, 0.3) is 5.56 Å². The average Bonchev–Trinajstić information content (AvgIpc) is 3.08. The molecule has 0 aliphatic heterocycles. The zero-order valence-electron chi connectivity index (χ0n) is 16.9. The number of quaternary nitrogens is 1. The number of rotatable bonds is 7. The normalized spacial score (nSPS) is 12.3. The maximum absolute atomic E-state index is 12.5. The van der Waals surface area contributed by atoms with E-state index in [0.717, 1.165) is 24.1 Å². The van der Waals surface area contributed by atoms with Crippen molar-refractivity contribution >= 4 is 11.2 Å². The van der Waals surface area contributed by atoms with E-state index in [0.29, 0.717) is 23.8 Å². The summed E-state index contributed by atoms with van der Waals surface area (Å²) in [5.41, 5.74) is 1.63. The summed E-state index contributed by atoms with van der Waals surface area (Å²) in [4.78, 5) is 30.3. The first-order valence-corrected chi connectivity index (χ1v) is 9.39. The van der Waals surface area contributed by atoms with Crippen LogP contribution in [0.25, 0.3) is 11.2 Å². The lowest BCUT2D eigenvalue weighted by Crippen LogP contribution is -3.13. The monoisotopic (exact) mass is 405 g/mol. The fraction of sp³-hybridized carbons (Fsp3) is 0.450. The third-order valence-electron chi connectivity index (χ3n) is 5.20. The second kappa shape index (κ2) is 9.21. The Bertz CT molecular complexity index is 1040. The number of aryl methyl sites for hydroxylation is 2. The van der Waals surface area contributed by atoms with Crippen LogP contribution in [0.3, 0.4) is 0 Å². The molecule has 0 saturated heterocycles.